The normalized spacial score (nSPS) is 15.4. The molecule has 0 radical (unpaired) electrons. The molecule has 2 aromatic carbocycles. The van der Waals surface area contributed by atoms with Crippen molar-refractivity contribution in [3.8, 4) is 0 Å². The maximum atomic E-state index is 13.5. The standard InChI is InChI=1S/C24H22ClN5O4/c25-19-7-3-1-5-15(19)9-29-23(34)24(26,14-30-12-21(32)28-11-22(30)33)18(13-31)17-10-27-20-8-4-2-6-16(17)20/h1-8,10,27H,9,11-12,14,26H2,(H,28,32)(H,29,34). The van der Waals surface area contributed by atoms with Crippen LogP contribution < -0.4 is 16.4 Å². The summed E-state index contributed by atoms with van der Waals surface area (Å²) in [5, 5.41) is 6.29. The Hall–Kier alpha value is -3.91. The monoisotopic (exact) mass is 479 g/mol. The highest BCUT2D eigenvalue weighted by atomic mass is 35.5. The van der Waals surface area contributed by atoms with Gasteiger partial charge >= 0.3 is 0 Å². The second kappa shape index (κ2) is 9.52. The fourth-order valence-corrected chi connectivity index (χ4v) is 4.16. The van der Waals surface area contributed by atoms with E-state index in [1.54, 1.807) is 42.6 Å². The summed E-state index contributed by atoms with van der Waals surface area (Å²) in [6.07, 6.45) is 1.57. The van der Waals surface area contributed by atoms with Gasteiger partial charge in [0.25, 0.3) is 0 Å². The largest absolute Gasteiger partial charge is 0.361 e. The molecule has 2 heterocycles. The van der Waals surface area contributed by atoms with Gasteiger partial charge < -0.3 is 26.3 Å². The first-order valence-electron chi connectivity index (χ1n) is 10.5. The van der Waals surface area contributed by atoms with Crippen LogP contribution in [0.4, 0.5) is 0 Å². The third-order valence-electron chi connectivity index (χ3n) is 5.77. The van der Waals surface area contributed by atoms with Crippen molar-refractivity contribution < 1.29 is 19.2 Å². The van der Waals surface area contributed by atoms with Crippen LogP contribution in [0.2, 0.25) is 5.02 Å². The van der Waals surface area contributed by atoms with Gasteiger partial charge in [0.1, 0.15) is 11.5 Å². The molecule has 5 N–H and O–H groups in total. The third-order valence-corrected chi connectivity index (χ3v) is 6.14. The lowest BCUT2D eigenvalue weighted by Crippen LogP contribution is -2.64. The van der Waals surface area contributed by atoms with E-state index in [4.69, 9.17) is 17.3 Å². The number of para-hydroxylation sites is 1. The molecule has 3 aromatic rings. The fourth-order valence-electron chi connectivity index (χ4n) is 3.95. The van der Waals surface area contributed by atoms with Crippen molar-refractivity contribution in [3.05, 3.63) is 70.9 Å². The summed E-state index contributed by atoms with van der Waals surface area (Å²) >= 11 is 6.20. The highest BCUT2D eigenvalue weighted by molar-refractivity contribution is 6.31. The van der Waals surface area contributed by atoms with E-state index >= 15 is 0 Å². The number of aromatic nitrogens is 1. The maximum Gasteiger partial charge on any atom is 0.247 e. The number of nitrogens with zero attached hydrogens (tertiary/aromatic N) is 1. The number of rotatable bonds is 7. The van der Waals surface area contributed by atoms with Gasteiger partial charge in [0, 0.05) is 34.2 Å². The Balaban J connectivity index is 1.72. The number of H-pyrrole nitrogens is 1. The lowest BCUT2D eigenvalue weighted by molar-refractivity contribution is -0.142. The minimum absolute atomic E-state index is 0.0475. The van der Waals surface area contributed by atoms with E-state index in [2.05, 4.69) is 15.6 Å². The van der Waals surface area contributed by atoms with Crippen LogP contribution in [0.25, 0.3) is 16.5 Å². The van der Waals surface area contributed by atoms with Gasteiger partial charge in [0.2, 0.25) is 17.7 Å². The molecule has 1 aliphatic rings. The fraction of sp³-hybridized carbons (Fsp3) is 0.208. The average Bonchev–Trinajstić information content (AvgIpc) is 3.25. The van der Waals surface area contributed by atoms with Crippen LogP contribution in [0.15, 0.2) is 54.7 Å². The topological polar surface area (TPSA) is 137 Å². The zero-order chi connectivity index (χ0) is 24.3. The van der Waals surface area contributed by atoms with E-state index in [1.807, 2.05) is 18.1 Å². The summed E-state index contributed by atoms with van der Waals surface area (Å²) in [5.41, 5.74) is 6.27. The summed E-state index contributed by atoms with van der Waals surface area (Å²) in [5.74, 6) is 0.321. The molecule has 1 aliphatic heterocycles. The molecule has 0 bridgehead atoms. The number of carbonyl (C=O) groups excluding carboxylic acids is 4. The minimum atomic E-state index is -2.00. The molecule has 174 valence electrons. The van der Waals surface area contributed by atoms with E-state index in [0.29, 0.717) is 21.5 Å². The van der Waals surface area contributed by atoms with E-state index in [1.165, 1.54) is 4.90 Å². The second-order valence-electron chi connectivity index (χ2n) is 8.00. The predicted molar refractivity (Wildman–Crippen MR) is 127 cm³/mol. The van der Waals surface area contributed by atoms with E-state index in [9.17, 15) is 19.2 Å². The zero-order valence-electron chi connectivity index (χ0n) is 18.1. The van der Waals surface area contributed by atoms with Gasteiger partial charge in [-0.25, -0.2) is 4.79 Å². The molecule has 1 aromatic heterocycles. The average molecular weight is 480 g/mol. The maximum absolute atomic E-state index is 13.5. The van der Waals surface area contributed by atoms with Gasteiger partial charge in [-0.1, -0.05) is 48.0 Å². The number of amides is 3. The van der Waals surface area contributed by atoms with Crippen molar-refractivity contribution in [2.75, 3.05) is 19.6 Å². The van der Waals surface area contributed by atoms with Gasteiger partial charge in [-0.3, -0.25) is 14.4 Å². The van der Waals surface area contributed by atoms with E-state index in [0.717, 1.165) is 5.52 Å². The Bertz CT molecular complexity index is 1330. The first kappa shape index (κ1) is 23.3. The van der Waals surface area contributed by atoms with E-state index < -0.39 is 23.9 Å². The SMILES string of the molecule is NC(CN1CC(=O)NCC1=O)(C(=O)NCc1ccccc1Cl)C(=C=O)c1c[nH]c2ccccc12. The predicted octanol–water partition coefficient (Wildman–Crippen LogP) is 1.01. The van der Waals surface area contributed by atoms with Crippen LogP contribution in [-0.4, -0.2) is 58.7 Å². The lowest BCUT2D eigenvalue weighted by Gasteiger charge is -2.36. The van der Waals surface area contributed by atoms with Crippen molar-refractivity contribution >= 4 is 51.7 Å². The molecule has 9 nitrogen and oxygen atoms in total. The Kier molecular flexibility index (Phi) is 6.51. The Morgan fingerprint density at radius 3 is 2.68 bits per heavy atom. The molecule has 4 rings (SSSR count). The number of hydrogen-bond acceptors (Lipinski definition) is 5. The first-order chi connectivity index (χ1) is 16.3. The summed E-state index contributed by atoms with van der Waals surface area (Å²) in [6.45, 7) is -0.845. The van der Waals surface area contributed by atoms with Crippen LogP contribution in [0.5, 0.6) is 0 Å². The van der Waals surface area contributed by atoms with Crippen LogP contribution >= 0.6 is 11.6 Å². The molecule has 1 atom stereocenters. The van der Waals surface area contributed by atoms with Crippen LogP contribution in [0.1, 0.15) is 11.1 Å². The third kappa shape index (κ3) is 4.45. The molecular formula is C24H22ClN5O4. The number of aromatic amines is 1. The number of halogens is 1. The summed E-state index contributed by atoms with van der Waals surface area (Å²) in [4.78, 5) is 54.4. The Labute approximate surface area is 199 Å². The molecule has 0 saturated carbocycles. The minimum Gasteiger partial charge on any atom is -0.361 e. The lowest BCUT2D eigenvalue weighted by atomic mass is 9.84. The van der Waals surface area contributed by atoms with Crippen molar-refractivity contribution in [2.45, 2.75) is 12.1 Å². The number of piperazine rings is 1. The van der Waals surface area contributed by atoms with E-state index in [-0.39, 0.29) is 31.1 Å². The summed E-state index contributed by atoms with van der Waals surface area (Å²) in [7, 11) is 0. The number of hydrogen-bond donors (Lipinski definition) is 4. The number of fused-ring (bicyclic) bond motifs is 1. The molecule has 1 saturated heterocycles. The highest BCUT2D eigenvalue weighted by Gasteiger charge is 2.44. The molecule has 1 unspecified atom stereocenters. The summed E-state index contributed by atoms with van der Waals surface area (Å²) < 4.78 is 0. The molecule has 0 spiro atoms. The van der Waals surface area contributed by atoms with Crippen molar-refractivity contribution in [1.29, 1.82) is 0 Å². The molecule has 0 aliphatic carbocycles. The number of nitrogens with two attached hydrogens (primary N) is 1. The van der Waals surface area contributed by atoms with Gasteiger partial charge in [-0.15, -0.1) is 0 Å². The number of benzene rings is 2. The van der Waals surface area contributed by atoms with Crippen LogP contribution in [0.3, 0.4) is 0 Å². The second-order valence-corrected chi connectivity index (χ2v) is 8.40. The van der Waals surface area contributed by atoms with Crippen LogP contribution in [-0.2, 0) is 25.7 Å². The zero-order valence-corrected chi connectivity index (χ0v) is 18.8. The van der Waals surface area contributed by atoms with Crippen molar-refractivity contribution in [2.24, 2.45) is 5.73 Å². The number of nitrogens with one attached hydrogen (secondary N) is 3. The number of carbonyl (C=O) groups is 3. The van der Waals surface area contributed by atoms with Gasteiger partial charge in [-0.05, 0) is 17.7 Å². The van der Waals surface area contributed by atoms with Gasteiger partial charge in [-0.2, -0.15) is 0 Å². The van der Waals surface area contributed by atoms with Gasteiger partial charge in [0.05, 0.1) is 25.2 Å². The Morgan fingerprint density at radius 2 is 1.91 bits per heavy atom. The summed E-state index contributed by atoms with van der Waals surface area (Å²) in [6, 6.07) is 14.2. The first-order valence-corrected chi connectivity index (χ1v) is 10.9. The molecule has 1 fully saturated rings. The van der Waals surface area contributed by atoms with Crippen molar-refractivity contribution in [1.82, 2.24) is 20.5 Å². The molecule has 34 heavy (non-hydrogen) atoms. The Morgan fingerprint density at radius 1 is 1.18 bits per heavy atom. The highest BCUT2D eigenvalue weighted by Crippen LogP contribution is 2.31. The molecule has 10 heteroatoms. The smallest absolute Gasteiger partial charge is 0.247 e. The molecular weight excluding hydrogens is 458 g/mol. The van der Waals surface area contributed by atoms with Gasteiger partial charge in [0.15, 0.2) is 0 Å². The van der Waals surface area contributed by atoms with Crippen molar-refractivity contribution in [3.63, 3.8) is 0 Å². The quantitative estimate of drug-likeness (QED) is 0.375. The van der Waals surface area contributed by atoms with Crippen LogP contribution in [0, 0.1) is 0 Å². The molecule has 3 amide bonds.